The largest absolute Gasteiger partial charge is 1.00 e. The molecule has 50 heavy (non-hydrogen) atoms. The molecule has 0 saturated heterocycles. The second-order valence-corrected chi connectivity index (χ2v) is 13.0. The van der Waals surface area contributed by atoms with Crippen LogP contribution in [0.3, 0.4) is 0 Å². The molecule has 280 valence electrons. The number of amides is 2. The van der Waals surface area contributed by atoms with Gasteiger partial charge in [0.15, 0.2) is 0 Å². The Kier molecular flexibility index (Phi) is 54.3. The van der Waals surface area contributed by atoms with Crippen LogP contribution in [-0.4, -0.2) is 36.8 Å². The Hall–Kier alpha value is -0.640. The zero-order valence-electron chi connectivity index (χ0n) is 33.0. The van der Waals surface area contributed by atoms with Crippen molar-refractivity contribution >= 4 is 23.8 Å². The molecule has 10 heteroatoms. The molecule has 0 aliphatic rings. The molecule has 2 amide bonds. The van der Waals surface area contributed by atoms with E-state index in [0.717, 1.165) is 51.4 Å². The predicted molar refractivity (Wildman–Crippen MR) is 195 cm³/mol. The fourth-order valence-electron chi connectivity index (χ4n) is 5.23. The first kappa shape index (κ1) is 56.1. The molecule has 0 aromatic carbocycles. The summed E-state index contributed by atoms with van der Waals surface area (Å²) in [4.78, 5) is 42.9. The Bertz CT molecular complexity index is 758. The molecule has 0 saturated carbocycles. The second-order valence-electron chi connectivity index (χ2n) is 13.0. The van der Waals surface area contributed by atoms with E-state index in [0.29, 0.717) is 12.8 Å². The summed E-state index contributed by atoms with van der Waals surface area (Å²) in [5.74, 6) is -2.88. The van der Waals surface area contributed by atoms with Crippen LogP contribution in [0.15, 0.2) is 24.3 Å². The molecule has 0 radical (unpaired) electrons. The van der Waals surface area contributed by atoms with Gasteiger partial charge in [0.1, 0.15) is 0 Å². The number of carboxylic acid groups (broad SMARTS) is 2. The van der Waals surface area contributed by atoms with Gasteiger partial charge in [-0.2, -0.15) is 0 Å². The Labute approximate surface area is 351 Å². The minimum atomic E-state index is -1.24. The van der Waals surface area contributed by atoms with Crippen LogP contribution in [0, 0.1) is 0 Å². The normalized spacial score (nSPS) is 10.6. The number of rotatable bonds is 34. The number of hydrogen-bond acceptors (Lipinski definition) is 6. The first-order valence-electron chi connectivity index (χ1n) is 19.6. The minimum Gasteiger partial charge on any atom is -0.548 e. The Balaban J connectivity index is -0.000000407. The van der Waals surface area contributed by atoms with E-state index in [2.05, 4.69) is 48.8 Å². The average Bonchev–Trinajstić information content (AvgIpc) is 3.06. The third-order valence-electron chi connectivity index (χ3n) is 8.19. The minimum absolute atomic E-state index is 0. The number of carbonyl (C=O) groups excluding carboxylic acids is 4. The maximum Gasteiger partial charge on any atom is 1.00 e. The summed E-state index contributed by atoms with van der Waals surface area (Å²) in [6, 6.07) is 0. The zero-order valence-corrected chi connectivity index (χ0v) is 37.0. The van der Waals surface area contributed by atoms with Gasteiger partial charge in [-0.25, -0.2) is 0 Å². The fraction of sp³-hybridized carbons (Fsp3) is 0.800. The molecule has 0 aliphatic heterocycles. The van der Waals surface area contributed by atoms with Crippen LogP contribution in [0.1, 0.15) is 194 Å². The molecular formula is C40H72N2Na2O6. The first-order valence-corrected chi connectivity index (χ1v) is 19.6. The molecule has 8 nitrogen and oxygen atoms in total. The first-order chi connectivity index (χ1) is 23.3. The number of nitrogens with one attached hydrogen (secondary N) is 2. The molecule has 0 fully saturated rings. The predicted octanol–water partition coefficient (Wildman–Crippen LogP) is 1.79. The van der Waals surface area contributed by atoms with Crippen molar-refractivity contribution in [3.63, 3.8) is 0 Å². The van der Waals surface area contributed by atoms with Crippen molar-refractivity contribution in [2.75, 3.05) is 13.1 Å². The van der Waals surface area contributed by atoms with Crippen LogP contribution in [0.4, 0.5) is 0 Å². The summed E-state index contributed by atoms with van der Waals surface area (Å²) >= 11 is 0. The molecule has 0 aromatic heterocycles. The molecular weight excluding hydrogens is 650 g/mol. The van der Waals surface area contributed by atoms with Crippen molar-refractivity contribution in [2.45, 2.75) is 194 Å². The third kappa shape index (κ3) is 54.1. The van der Waals surface area contributed by atoms with Crippen LogP contribution < -0.4 is 80.0 Å². The number of hydrogen-bond donors (Lipinski definition) is 2. The van der Waals surface area contributed by atoms with Gasteiger partial charge in [-0.1, -0.05) is 141 Å². The summed E-state index contributed by atoms with van der Waals surface area (Å²) in [5.41, 5.74) is 0. The second kappa shape index (κ2) is 48.4. The summed E-state index contributed by atoms with van der Waals surface area (Å²) in [5, 5.41) is 25.0. The van der Waals surface area contributed by atoms with E-state index in [1.54, 1.807) is 0 Å². The van der Waals surface area contributed by atoms with Gasteiger partial charge in [0.2, 0.25) is 11.8 Å². The van der Waals surface area contributed by atoms with Gasteiger partial charge in [0.25, 0.3) is 0 Å². The van der Waals surface area contributed by atoms with E-state index >= 15 is 0 Å². The van der Waals surface area contributed by atoms with Gasteiger partial charge >= 0.3 is 59.1 Å². The summed E-state index contributed by atoms with van der Waals surface area (Å²) in [6.07, 6.45) is 41.9. The van der Waals surface area contributed by atoms with Crippen molar-refractivity contribution in [3.8, 4) is 0 Å². The Morgan fingerprint density at radius 2 is 0.640 bits per heavy atom. The smallest absolute Gasteiger partial charge is 0.548 e. The SMILES string of the molecule is CCCCCCCC/C=C\CCCCCCCC(=O)NCC(=O)[O-].CCCCCCCC/C=C\CCCCCCCC(=O)NCC(=O)[O-].[Na+].[Na+]. The number of carboxylic acids is 2. The molecule has 2 N–H and O–H groups in total. The molecule has 0 unspecified atom stereocenters. The van der Waals surface area contributed by atoms with E-state index in [1.165, 1.54) is 116 Å². The van der Waals surface area contributed by atoms with Crippen molar-refractivity contribution < 1.29 is 88.5 Å². The fourth-order valence-corrected chi connectivity index (χ4v) is 5.23. The molecule has 0 aromatic rings. The molecule has 0 bridgehead atoms. The van der Waals surface area contributed by atoms with Crippen molar-refractivity contribution in [2.24, 2.45) is 0 Å². The van der Waals surface area contributed by atoms with Gasteiger partial charge in [-0.05, 0) is 64.2 Å². The van der Waals surface area contributed by atoms with Gasteiger partial charge in [-0.15, -0.1) is 0 Å². The third-order valence-corrected chi connectivity index (χ3v) is 8.19. The number of aliphatic carboxylic acids is 2. The quantitative estimate of drug-likeness (QED) is 0.0591. The van der Waals surface area contributed by atoms with Crippen LogP contribution in [0.25, 0.3) is 0 Å². The van der Waals surface area contributed by atoms with Crippen molar-refractivity contribution in [1.29, 1.82) is 0 Å². The van der Waals surface area contributed by atoms with Gasteiger partial charge in [0, 0.05) is 12.8 Å². The van der Waals surface area contributed by atoms with Crippen LogP contribution in [0.5, 0.6) is 0 Å². The standard InChI is InChI=1S/2C20H37NO3.2Na/c2*1-2-3-4-5-6-7-8-9-10-11-12-13-14-15-16-17-19(22)21-18-20(23)24;;/h2*9-10H,2-8,11-18H2,1H3,(H,21,22)(H,23,24);;/q;;2*+1/p-2/b2*10-9-;;. The summed E-state index contributed by atoms with van der Waals surface area (Å²) in [6.45, 7) is 3.73. The van der Waals surface area contributed by atoms with E-state index in [-0.39, 0.29) is 84.0 Å². The topological polar surface area (TPSA) is 138 Å². The van der Waals surface area contributed by atoms with E-state index in [9.17, 15) is 29.4 Å². The van der Waals surface area contributed by atoms with E-state index < -0.39 is 11.9 Å². The van der Waals surface area contributed by atoms with Gasteiger partial charge in [-0.3, -0.25) is 9.59 Å². The van der Waals surface area contributed by atoms with E-state index in [1.807, 2.05) is 0 Å². The van der Waals surface area contributed by atoms with Crippen molar-refractivity contribution in [1.82, 2.24) is 10.6 Å². The average molecular weight is 723 g/mol. The molecule has 0 heterocycles. The van der Waals surface area contributed by atoms with Crippen molar-refractivity contribution in [3.05, 3.63) is 24.3 Å². The number of unbranched alkanes of at least 4 members (excludes halogenated alkanes) is 22. The number of allylic oxidation sites excluding steroid dienone is 4. The number of carbonyl (C=O) groups is 4. The molecule has 0 spiro atoms. The van der Waals surface area contributed by atoms with Gasteiger partial charge < -0.3 is 30.4 Å². The maximum absolute atomic E-state index is 11.3. The maximum atomic E-state index is 11.3. The molecule has 0 rings (SSSR count). The molecule has 0 aliphatic carbocycles. The van der Waals surface area contributed by atoms with Crippen LogP contribution >= 0.6 is 0 Å². The summed E-state index contributed by atoms with van der Waals surface area (Å²) < 4.78 is 0. The van der Waals surface area contributed by atoms with Gasteiger partial charge in [0.05, 0.1) is 25.0 Å². The monoisotopic (exact) mass is 723 g/mol. The van der Waals surface area contributed by atoms with E-state index in [4.69, 9.17) is 0 Å². The molecule has 0 atom stereocenters. The van der Waals surface area contributed by atoms with Crippen LogP contribution in [-0.2, 0) is 19.2 Å². The Morgan fingerprint density at radius 3 is 0.900 bits per heavy atom. The Morgan fingerprint density at radius 1 is 0.400 bits per heavy atom. The zero-order chi connectivity index (χ0) is 35.8. The van der Waals surface area contributed by atoms with Crippen LogP contribution in [0.2, 0.25) is 0 Å². The summed E-state index contributed by atoms with van der Waals surface area (Å²) in [7, 11) is 0.